The minimum absolute atomic E-state index is 0.288. The van der Waals surface area contributed by atoms with Crippen LogP contribution in [0.2, 0.25) is 0 Å². The molecule has 4 N–H and O–H groups in total. The zero-order valence-electron chi connectivity index (χ0n) is 15.8. The molecule has 0 bridgehead atoms. The van der Waals surface area contributed by atoms with Gasteiger partial charge in [0.15, 0.2) is 0 Å². The number of carbonyl (C=O) groups is 2. The molecule has 3 amide bonds. The van der Waals surface area contributed by atoms with Crippen molar-refractivity contribution in [1.29, 1.82) is 0 Å². The van der Waals surface area contributed by atoms with Crippen LogP contribution in [0, 0.1) is 0 Å². The van der Waals surface area contributed by atoms with E-state index in [-0.39, 0.29) is 18.4 Å². The molecule has 0 aliphatic heterocycles. The van der Waals surface area contributed by atoms with Crippen molar-refractivity contribution < 1.29 is 14.8 Å². The summed E-state index contributed by atoms with van der Waals surface area (Å²) in [6.07, 6.45) is 0.288. The van der Waals surface area contributed by atoms with E-state index in [1.54, 1.807) is 0 Å². The molecule has 0 aromatic heterocycles. The summed E-state index contributed by atoms with van der Waals surface area (Å²) in [4.78, 5) is 24.8. The van der Waals surface area contributed by atoms with Gasteiger partial charge in [0.1, 0.15) is 6.04 Å². The van der Waals surface area contributed by atoms with Crippen LogP contribution in [0.15, 0.2) is 91.0 Å². The van der Waals surface area contributed by atoms with Gasteiger partial charge >= 0.3 is 6.03 Å². The Balaban J connectivity index is 1.85. The Bertz CT molecular complexity index is 878. The zero-order chi connectivity index (χ0) is 20.5. The highest BCUT2D eigenvalue weighted by molar-refractivity contribution is 5.87. The molecule has 0 fully saturated rings. The van der Waals surface area contributed by atoms with Crippen LogP contribution in [0.1, 0.15) is 22.7 Å². The van der Waals surface area contributed by atoms with Crippen molar-refractivity contribution in [1.82, 2.24) is 16.1 Å². The van der Waals surface area contributed by atoms with Gasteiger partial charge in [-0.05, 0) is 16.7 Å². The fourth-order valence-electron chi connectivity index (χ4n) is 3.14. The zero-order valence-corrected chi connectivity index (χ0v) is 15.8. The van der Waals surface area contributed by atoms with Crippen LogP contribution in [-0.4, -0.2) is 23.2 Å². The Labute approximate surface area is 169 Å². The molecule has 0 heterocycles. The summed E-state index contributed by atoms with van der Waals surface area (Å²) in [5.74, 6) is -0.352. The Kier molecular flexibility index (Phi) is 6.97. The molecular formula is C23H23N3O3. The van der Waals surface area contributed by atoms with Crippen molar-refractivity contribution in [2.75, 3.05) is 0 Å². The molecule has 148 valence electrons. The van der Waals surface area contributed by atoms with Crippen LogP contribution >= 0.6 is 0 Å². The SMILES string of the molecule is O=C(NO)NC(Cc1ccccc1)C(=O)NC(c1ccccc1)c1ccccc1. The lowest BCUT2D eigenvalue weighted by Gasteiger charge is -2.24. The Morgan fingerprint density at radius 1 is 0.724 bits per heavy atom. The lowest BCUT2D eigenvalue weighted by molar-refractivity contribution is -0.123. The number of carbonyl (C=O) groups excluding carboxylic acids is 2. The molecule has 0 aliphatic carbocycles. The third-order valence-corrected chi connectivity index (χ3v) is 4.56. The molecule has 0 saturated heterocycles. The van der Waals surface area contributed by atoms with Gasteiger partial charge in [0, 0.05) is 6.42 Å². The lowest BCUT2D eigenvalue weighted by atomic mass is 9.97. The molecule has 0 aliphatic rings. The summed E-state index contributed by atoms with van der Waals surface area (Å²) >= 11 is 0. The maximum atomic E-state index is 13.1. The fourth-order valence-corrected chi connectivity index (χ4v) is 3.14. The second-order valence-electron chi connectivity index (χ2n) is 6.59. The number of rotatable bonds is 7. The predicted molar refractivity (Wildman–Crippen MR) is 110 cm³/mol. The molecule has 3 aromatic carbocycles. The lowest BCUT2D eigenvalue weighted by Crippen LogP contribution is -2.51. The van der Waals surface area contributed by atoms with E-state index in [4.69, 9.17) is 5.21 Å². The number of hydrogen-bond acceptors (Lipinski definition) is 3. The average Bonchev–Trinajstić information content (AvgIpc) is 2.78. The van der Waals surface area contributed by atoms with Gasteiger partial charge in [-0.15, -0.1) is 0 Å². The van der Waals surface area contributed by atoms with Crippen LogP contribution in [0.5, 0.6) is 0 Å². The fraction of sp³-hybridized carbons (Fsp3) is 0.130. The first kappa shape index (κ1) is 20.1. The van der Waals surface area contributed by atoms with E-state index < -0.39 is 12.1 Å². The van der Waals surface area contributed by atoms with Gasteiger partial charge in [-0.2, -0.15) is 0 Å². The van der Waals surface area contributed by atoms with Gasteiger partial charge < -0.3 is 10.6 Å². The van der Waals surface area contributed by atoms with Crippen LogP contribution in [-0.2, 0) is 11.2 Å². The van der Waals surface area contributed by atoms with Gasteiger partial charge in [0.2, 0.25) is 5.91 Å². The molecular weight excluding hydrogens is 366 g/mol. The van der Waals surface area contributed by atoms with E-state index in [0.29, 0.717) is 0 Å². The van der Waals surface area contributed by atoms with Crippen LogP contribution in [0.3, 0.4) is 0 Å². The number of urea groups is 1. The van der Waals surface area contributed by atoms with E-state index in [1.165, 1.54) is 5.48 Å². The minimum Gasteiger partial charge on any atom is -0.343 e. The van der Waals surface area contributed by atoms with Crippen molar-refractivity contribution in [2.24, 2.45) is 0 Å². The molecule has 6 heteroatoms. The summed E-state index contributed by atoms with van der Waals surface area (Å²) in [6, 6.07) is 26.6. The number of hydrogen-bond donors (Lipinski definition) is 4. The first-order valence-electron chi connectivity index (χ1n) is 9.32. The number of amides is 3. The van der Waals surface area contributed by atoms with E-state index in [9.17, 15) is 9.59 Å². The number of hydroxylamine groups is 1. The molecule has 1 atom stereocenters. The van der Waals surface area contributed by atoms with E-state index >= 15 is 0 Å². The van der Waals surface area contributed by atoms with Crippen molar-refractivity contribution in [3.8, 4) is 0 Å². The highest BCUT2D eigenvalue weighted by atomic mass is 16.5. The van der Waals surface area contributed by atoms with Gasteiger partial charge in [-0.3, -0.25) is 10.0 Å². The van der Waals surface area contributed by atoms with Crippen molar-refractivity contribution >= 4 is 11.9 Å². The Morgan fingerprint density at radius 2 is 1.21 bits per heavy atom. The van der Waals surface area contributed by atoms with Gasteiger partial charge in [-0.25, -0.2) is 10.3 Å². The standard InChI is InChI=1S/C23H23N3O3/c27-22(20(24-23(28)26-29)16-17-10-4-1-5-11-17)25-21(18-12-6-2-7-13-18)19-14-8-3-9-15-19/h1-15,20-21,29H,16H2,(H,25,27)(H2,24,26,28). The summed E-state index contributed by atoms with van der Waals surface area (Å²) in [6.45, 7) is 0. The van der Waals surface area contributed by atoms with Crippen molar-refractivity contribution in [2.45, 2.75) is 18.5 Å². The number of benzene rings is 3. The maximum absolute atomic E-state index is 13.1. The normalized spacial score (nSPS) is 11.5. The molecule has 0 spiro atoms. The summed E-state index contributed by atoms with van der Waals surface area (Å²) < 4.78 is 0. The first-order chi connectivity index (χ1) is 14.2. The van der Waals surface area contributed by atoms with Gasteiger partial charge in [0.25, 0.3) is 0 Å². The van der Waals surface area contributed by atoms with Crippen LogP contribution < -0.4 is 16.1 Å². The van der Waals surface area contributed by atoms with E-state index in [1.807, 2.05) is 91.0 Å². The summed E-state index contributed by atoms with van der Waals surface area (Å²) in [5, 5.41) is 14.4. The first-order valence-corrected chi connectivity index (χ1v) is 9.32. The summed E-state index contributed by atoms with van der Waals surface area (Å²) in [5.41, 5.74) is 4.27. The number of nitrogens with one attached hydrogen (secondary N) is 3. The Morgan fingerprint density at radius 3 is 1.69 bits per heavy atom. The second kappa shape index (κ2) is 10.1. The van der Waals surface area contributed by atoms with E-state index in [0.717, 1.165) is 16.7 Å². The smallest absolute Gasteiger partial charge is 0.339 e. The monoisotopic (exact) mass is 389 g/mol. The second-order valence-corrected chi connectivity index (χ2v) is 6.59. The molecule has 1 unspecified atom stereocenters. The molecule has 29 heavy (non-hydrogen) atoms. The maximum Gasteiger partial charge on any atom is 0.339 e. The topological polar surface area (TPSA) is 90.5 Å². The molecule has 0 radical (unpaired) electrons. The quantitative estimate of drug-likeness (QED) is 0.369. The van der Waals surface area contributed by atoms with Crippen LogP contribution in [0.4, 0.5) is 4.79 Å². The molecule has 3 rings (SSSR count). The predicted octanol–water partition coefficient (Wildman–Crippen LogP) is 3.19. The molecule has 0 saturated carbocycles. The van der Waals surface area contributed by atoms with Gasteiger partial charge in [0.05, 0.1) is 6.04 Å². The minimum atomic E-state index is -0.862. The van der Waals surface area contributed by atoms with Crippen molar-refractivity contribution in [3.63, 3.8) is 0 Å². The highest BCUT2D eigenvalue weighted by Crippen LogP contribution is 2.22. The molecule has 6 nitrogen and oxygen atoms in total. The van der Waals surface area contributed by atoms with Crippen molar-refractivity contribution in [3.05, 3.63) is 108 Å². The van der Waals surface area contributed by atoms with Crippen LogP contribution in [0.25, 0.3) is 0 Å². The van der Waals surface area contributed by atoms with Gasteiger partial charge in [-0.1, -0.05) is 91.0 Å². The average molecular weight is 389 g/mol. The highest BCUT2D eigenvalue weighted by Gasteiger charge is 2.25. The third-order valence-electron chi connectivity index (χ3n) is 4.56. The Hall–Kier alpha value is -3.64. The largest absolute Gasteiger partial charge is 0.343 e. The third kappa shape index (κ3) is 5.67. The molecule has 3 aromatic rings. The summed E-state index contributed by atoms with van der Waals surface area (Å²) in [7, 11) is 0. The van der Waals surface area contributed by atoms with E-state index in [2.05, 4.69) is 10.6 Å².